The Morgan fingerprint density at radius 2 is 1.79 bits per heavy atom. The van der Waals surface area contributed by atoms with Crippen molar-refractivity contribution in [2.45, 2.75) is 40.3 Å². The van der Waals surface area contributed by atoms with E-state index in [9.17, 15) is 14.4 Å². The van der Waals surface area contributed by atoms with E-state index >= 15 is 0 Å². The van der Waals surface area contributed by atoms with Crippen molar-refractivity contribution in [3.8, 4) is 11.5 Å². The van der Waals surface area contributed by atoms with Crippen molar-refractivity contribution in [1.82, 2.24) is 14.9 Å². The zero-order chi connectivity index (χ0) is 20.7. The van der Waals surface area contributed by atoms with Crippen LogP contribution < -0.4 is 26.0 Å². The molecule has 0 bridgehead atoms. The highest BCUT2D eigenvalue weighted by Gasteiger charge is 2.20. The number of benzene rings is 1. The van der Waals surface area contributed by atoms with Gasteiger partial charge >= 0.3 is 5.69 Å². The molecule has 8 nitrogen and oxygen atoms in total. The van der Waals surface area contributed by atoms with Crippen molar-refractivity contribution < 1.29 is 14.3 Å². The molecule has 1 aromatic heterocycles. The molecule has 1 atom stereocenters. The Morgan fingerprint density at radius 1 is 1.11 bits per heavy atom. The average Bonchev–Trinajstić information content (AvgIpc) is 2.64. The lowest BCUT2D eigenvalue weighted by Gasteiger charge is -2.24. The molecule has 0 saturated carbocycles. The maximum atomic E-state index is 12.5. The molecule has 0 radical (unpaired) electrons. The largest absolute Gasteiger partial charge is 0.490 e. The van der Waals surface area contributed by atoms with Crippen LogP contribution in [0.25, 0.3) is 0 Å². The third kappa shape index (κ3) is 5.48. The highest BCUT2D eigenvalue weighted by Crippen LogP contribution is 2.32. The molecular formula is C20H27N3O5. The summed E-state index contributed by atoms with van der Waals surface area (Å²) in [6, 6.07) is 6.52. The Balaban J connectivity index is 2.22. The Kier molecular flexibility index (Phi) is 7.43. The lowest BCUT2D eigenvalue weighted by atomic mass is 9.95. The Morgan fingerprint density at radius 3 is 2.39 bits per heavy atom. The Labute approximate surface area is 163 Å². The van der Waals surface area contributed by atoms with Crippen molar-refractivity contribution >= 4 is 5.91 Å². The number of aromatic nitrogens is 2. The van der Waals surface area contributed by atoms with E-state index in [-0.39, 0.29) is 24.4 Å². The van der Waals surface area contributed by atoms with E-state index in [4.69, 9.17) is 9.47 Å². The van der Waals surface area contributed by atoms with Gasteiger partial charge in [-0.3, -0.25) is 19.1 Å². The zero-order valence-corrected chi connectivity index (χ0v) is 16.7. The van der Waals surface area contributed by atoms with Crippen LogP contribution in [0.1, 0.15) is 39.3 Å². The summed E-state index contributed by atoms with van der Waals surface area (Å²) in [6.45, 7) is 8.62. The maximum absolute atomic E-state index is 12.5. The van der Waals surface area contributed by atoms with Crippen LogP contribution in [0.4, 0.5) is 0 Å². The number of hydrogen-bond donors (Lipinski definition) is 2. The Bertz CT molecular complexity index is 917. The van der Waals surface area contributed by atoms with Crippen molar-refractivity contribution in [3.63, 3.8) is 0 Å². The second kappa shape index (κ2) is 9.77. The number of carbonyl (C=O) groups excluding carboxylic acids is 1. The van der Waals surface area contributed by atoms with Gasteiger partial charge in [0.25, 0.3) is 5.56 Å². The first-order valence-corrected chi connectivity index (χ1v) is 9.34. The lowest BCUT2D eigenvalue weighted by molar-refractivity contribution is -0.122. The highest BCUT2D eigenvalue weighted by molar-refractivity contribution is 5.76. The first-order valence-electron chi connectivity index (χ1n) is 9.34. The van der Waals surface area contributed by atoms with E-state index in [2.05, 4.69) is 10.3 Å². The summed E-state index contributed by atoms with van der Waals surface area (Å²) in [6.07, 6.45) is 1.30. The molecule has 152 valence electrons. The number of rotatable bonds is 9. The van der Waals surface area contributed by atoms with Crippen LogP contribution in [0.5, 0.6) is 11.5 Å². The second-order valence-corrected chi connectivity index (χ2v) is 6.60. The van der Waals surface area contributed by atoms with Crippen molar-refractivity contribution in [1.29, 1.82) is 0 Å². The van der Waals surface area contributed by atoms with Crippen LogP contribution in [0.15, 0.2) is 40.1 Å². The van der Waals surface area contributed by atoms with Gasteiger partial charge in [-0.05, 0) is 37.5 Å². The topological polar surface area (TPSA) is 102 Å². The molecule has 1 heterocycles. The number of hydrogen-bond acceptors (Lipinski definition) is 5. The molecule has 0 aliphatic rings. The molecular weight excluding hydrogens is 362 g/mol. The second-order valence-electron chi connectivity index (χ2n) is 6.60. The summed E-state index contributed by atoms with van der Waals surface area (Å²) in [7, 11) is 0. The van der Waals surface area contributed by atoms with Gasteiger partial charge < -0.3 is 14.8 Å². The smallest absolute Gasteiger partial charge is 0.328 e. The van der Waals surface area contributed by atoms with Crippen LogP contribution in [0.3, 0.4) is 0 Å². The van der Waals surface area contributed by atoms with Gasteiger partial charge in [0.1, 0.15) is 6.54 Å². The van der Waals surface area contributed by atoms with Gasteiger partial charge in [-0.1, -0.05) is 19.9 Å². The molecule has 0 spiro atoms. The third-order valence-corrected chi connectivity index (χ3v) is 4.12. The number of carbonyl (C=O) groups is 1. The molecule has 1 amide bonds. The molecule has 0 fully saturated rings. The van der Waals surface area contributed by atoms with Crippen molar-refractivity contribution in [3.05, 3.63) is 56.9 Å². The maximum Gasteiger partial charge on any atom is 0.328 e. The van der Waals surface area contributed by atoms with Gasteiger partial charge in [0.15, 0.2) is 11.5 Å². The van der Waals surface area contributed by atoms with E-state index in [1.165, 1.54) is 12.3 Å². The summed E-state index contributed by atoms with van der Waals surface area (Å²) < 4.78 is 12.4. The van der Waals surface area contributed by atoms with E-state index in [0.717, 1.165) is 10.1 Å². The molecule has 8 heteroatoms. The lowest BCUT2D eigenvalue weighted by Crippen LogP contribution is -2.38. The SMILES string of the molecule is CCOc1ccc([C@H](NC(=O)Cn2ccc(=O)[nH]c2=O)C(C)C)cc1OCC. The normalized spacial score (nSPS) is 11.9. The number of aromatic amines is 1. The van der Waals surface area contributed by atoms with Gasteiger partial charge in [-0.2, -0.15) is 0 Å². The van der Waals surface area contributed by atoms with Crippen molar-refractivity contribution in [2.24, 2.45) is 5.92 Å². The predicted molar refractivity (Wildman–Crippen MR) is 106 cm³/mol. The van der Waals surface area contributed by atoms with Gasteiger partial charge in [0, 0.05) is 12.3 Å². The summed E-state index contributed by atoms with van der Waals surface area (Å²) >= 11 is 0. The molecule has 2 rings (SSSR count). The molecule has 0 unspecified atom stereocenters. The monoisotopic (exact) mass is 389 g/mol. The van der Waals surface area contributed by atoms with Gasteiger partial charge in [-0.25, -0.2) is 4.79 Å². The summed E-state index contributed by atoms with van der Waals surface area (Å²) in [5.41, 5.74) is -0.243. The molecule has 2 aromatic rings. The molecule has 2 N–H and O–H groups in total. The number of nitrogens with zero attached hydrogens (tertiary/aromatic N) is 1. The number of ether oxygens (including phenoxy) is 2. The van der Waals surface area contributed by atoms with Crippen LogP contribution >= 0.6 is 0 Å². The van der Waals surface area contributed by atoms with E-state index in [1.807, 2.05) is 45.9 Å². The van der Waals surface area contributed by atoms with E-state index in [0.29, 0.717) is 24.7 Å². The fourth-order valence-corrected chi connectivity index (χ4v) is 2.84. The zero-order valence-electron chi connectivity index (χ0n) is 16.7. The number of amides is 1. The quantitative estimate of drug-likeness (QED) is 0.681. The Hall–Kier alpha value is -3.03. The fourth-order valence-electron chi connectivity index (χ4n) is 2.84. The van der Waals surface area contributed by atoms with E-state index in [1.54, 1.807) is 0 Å². The molecule has 0 aliphatic carbocycles. The minimum Gasteiger partial charge on any atom is -0.490 e. The number of H-pyrrole nitrogens is 1. The van der Waals surface area contributed by atoms with Crippen LogP contribution in [0, 0.1) is 5.92 Å². The summed E-state index contributed by atoms with van der Waals surface area (Å²) in [4.78, 5) is 37.6. The van der Waals surface area contributed by atoms with Crippen LogP contribution in [-0.4, -0.2) is 28.7 Å². The fraction of sp³-hybridized carbons (Fsp3) is 0.450. The van der Waals surface area contributed by atoms with E-state index < -0.39 is 11.2 Å². The predicted octanol–water partition coefficient (Wildman–Crippen LogP) is 1.85. The van der Waals surface area contributed by atoms with Gasteiger partial charge in [-0.15, -0.1) is 0 Å². The molecule has 28 heavy (non-hydrogen) atoms. The van der Waals surface area contributed by atoms with Crippen LogP contribution in [-0.2, 0) is 11.3 Å². The van der Waals surface area contributed by atoms with Crippen LogP contribution in [0.2, 0.25) is 0 Å². The highest BCUT2D eigenvalue weighted by atomic mass is 16.5. The summed E-state index contributed by atoms with van der Waals surface area (Å²) in [5, 5.41) is 2.96. The number of nitrogens with one attached hydrogen (secondary N) is 2. The average molecular weight is 389 g/mol. The molecule has 0 aliphatic heterocycles. The molecule has 1 aromatic carbocycles. The first kappa shape index (κ1) is 21.3. The third-order valence-electron chi connectivity index (χ3n) is 4.12. The van der Waals surface area contributed by atoms with Gasteiger partial charge in [0.05, 0.1) is 19.3 Å². The summed E-state index contributed by atoms with van der Waals surface area (Å²) in [5.74, 6) is 1.05. The molecule has 0 saturated heterocycles. The first-order chi connectivity index (χ1) is 13.3. The standard InChI is InChI=1S/C20H27N3O5/c1-5-27-15-8-7-14(11-16(15)28-6-2)19(13(3)4)21-18(25)12-23-10-9-17(24)22-20(23)26/h7-11,13,19H,5-6,12H2,1-4H3,(H,21,25)(H,22,24,26)/t19-/m1/s1. The minimum absolute atomic E-state index is 0.101. The van der Waals surface area contributed by atoms with Crippen molar-refractivity contribution in [2.75, 3.05) is 13.2 Å². The minimum atomic E-state index is -0.622. The van der Waals surface area contributed by atoms with Gasteiger partial charge in [0.2, 0.25) is 5.91 Å².